The maximum Gasteiger partial charge on any atom is 0.142 e. The number of hydrogen-bond acceptors (Lipinski definition) is 2. The van der Waals surface area contributed by atoms with E-state index in [0.29, 0.717) is 6.04 Å². The molecule has 0 aromatic heterocycles. The molecule has 0 bridgehead atoms. The van der Waals surface area contributed by atoms with Crippen LogP contribution in [0, 0.1) is 6.92 Å². The molecule has 0 saturated carbocycles. The average Bonchev–Trinajstić information content (AvgIpc) is 2.29. The lowest BCUT2D eigenvalue weighted by Crippen LogP contribution is -2.36. The fourth-order valence-corrected chi connectivity index (χ4v) is 2.57. The summed E-state index contributed by atoms with van der Waals surface area (Å²) in [6, 6.07) is 4.80. The summed E-state index contributed by atoms with van der Waals surface area (Å²) in [5, 5.41) is 0. The second-order valence-electron chi connectivity index (χ2n) is 4.80. The van der Waals surface area contributed by atoms with Crippen molar-refractivity contribution in [1.29, 1.82) is 0 Å². The molecule has 2 heteroatoms. The number of anilines is 1. The van der Waals surface area contributed by atoms with Gasteiger partial charge in [-0.1, -0.05) is 6.07 Å². The molecule has 1 heterocycles. The standard InChI is InChI=1S/C14H21NO/c1-10(2)15-9-5-6-12-11(3)7-8-13(16-4)14(12)15/h7-8,10H,5-6,9H2,1-4H3. The molecule has 0 amide bonds. The number of hydrogen-bond donors (Lipinski definition) is 0. The molecular weight excluding hydrogens is 198 g/mol. The zero-order valence-corrected chi connectivity index (χ0v) is 10.7. The molecule has 0 saturated heterocycles. The molecule has 0 radical (unpaired) electrons. The fraction of sp³-hybridized carbons (Fsp3) is 0.571. The highest BCUT2D eigenvalue weighted by Gasteiger charge is 2.23. The largest absolute Gasteiger partial charge is 0.495 e. The van der Waals surface area contributed by atoms with Gasteiger partial charge in [0, 0.05) is 12.6 Å². The van der Waals surface area contributed by atoms with E-state index < -0.39 is 0 Å². The monoisotopic (exact) mass is 219 g/mol. The first-order chi connectivity index (χ1) is 7.65. The van der Waals surface area contributed by atoms with Crippen LogP contribution in [-0.2, 0) is 6.42 Å². The van der Waals surface area contributed by atoms with Gasteiger partial charge in [-0.25, -0.2) is 0 Å². The van der Waals surface area contributed by atoms with Crippen molar-refractivity contribution in [3.8, 4) is 5.75 Å². The lowest BCUT2D eigenvalue weighted by molar-refractivity contribution is 0.410. The van der Waals surface area contributed by atoms with E-state index in [2.05, 4.69) is 37.8 Å². The molecule has 1 aliphatic rings. The molecule has 2 rings (SSSR count). The second kappa shape index (κ2) is 4.36. The van der Waals surface area contributed by atoms with Crippen LogP contribution in [0.5, 0.6) is 5.75 Å². The summed E-state index contributed by atoms with van der Waals surface area (Å²) in [5.41, 5.74) is 4.18. The van der Waals surface area contributed by atoms with Gasteiger partial charge in [-0.2, -0.15) is 0 Å². The van der Waals surface area contributed by atoms with Crippen LogP contribution in [0.1, 0.15) is 31.4 Å². The number of rotatable bonds is 2. The van der Waals surface area contributed by atoms with Gasteiger partial charge in [-0.15, -0.1) is 0 Å². The molecule has 2 nitrogen and oxygen atoms in total. The normalized spacial score (nSPS) is 15.2. The quantitative estimate of drug-likeness (QED) is 0.757. The van der Waals surface area contributed by atoms with Crippen molar-refractivity contribution in [2.75, 3.05) is 18.6 Å². The Balaban J connectivity index is 2.55. The van der Waals surface area contributed by atoms with Crippen LogP contribution in [-0.4, -0.2) is 19.7 Å². The summed E-state index contributed by atoms with van der Waals surface area (Å²) in [4.78, 5) is 2.46. The third-order valence-corrected chi connectivity index (χ3v) is 3.44. The Hall–Kier alpha value is -1.18. The van der Waals surface area contributed by atoms with Gasteiger partial charge < -0.3 is 9.64 Å². The Morgan fingerprint density at radius 1 is 1.31 bits per heavy atom. The van der Waals surface area contributed by atoms with E-state index in [1.165, 1.54) is 29.7 Å². The van der Waals surface area contributed by atoms with Crippen LogP contribution in [0.25, 0.3) is 0 Å². The van der Waals surface area contributed by atoms with Gasteiger partial charge in [0.2, 0.25) is 0 Å². The Morgan fingerprint density at radius 2 is 2.06 bits per heavy atom. The summed E-state index contributed by atoms with van der Waals surface area (Å²) in [7, 11) is 1.76. The first kappa shape index (κ1) is 11.3. The third kappa shape index (κ3) is 1.77. The Morgan fingerprint density at radius 3 is 2.69 bits per heavy atom. The zero-order valence-electron chi connectivity index (χ0n) is 10.7. The lowest BCUT2D eigenvalue weighted by Gasteiger charge is -2.36. The van der Waals surface area contributed by atoms with Crippen molar-refractivity contribution >= 4 is 5.69 Å². The summed E-state index contributed by atoms with van der Waals surface area (Å²) in [5.74, 6) is 1.02. The highest BCUT2D eigenvalue weighted by molar-refractivity contribution is 5.67. The highest BCUT2D eigenvalue weighted by Crippen LogP contribution is 2.38. The van der Waals surface area contributed by atoms with E-state index >= 15 is 0 Å². The number of ether oxygens (including phenoxy) is 1. The van der Waals surface area contributed by atoms with Crippen LogP contribution in [0.15, 0.2) is 12.1 Å². The van der Waals surface area contributed by atoms with E-state index in [-0.39, 0.29) is 0 Å². The average molecular weight is 219 g/mol. The van der Waals surface area contributed by atoms with Gasteiger partial charge in [-0.3, -0.25) is 0 Å². The van der Waals surface area contributed by atoms with Gasteiger partial charge >= 0.3 is 0 Å². The van der Waals surface area contributed by atoms with Crippen molar-refractivity contribution in [3.63, 3.8) is 0 Å². The first-order valence-corrected chi connectivity index (χ1v) is 6.08. The van der Waals surface area contributed by atoms with E-state index in [4.69, 9.17) is 4.74 Å². The molecule has 16 heavy (non-hydrogen) atoms. The van der Waals surface area contributed by atoms with Gasteiger partial charge in [-0.05, 0) is 50.8 Å². The molecule has 88 valence electrons. The van der Waals surface area contributed by atoms with Crippen LogP contribution in [0.3, 0.4) is 0 Å². The van der Waals surface area contributed by atoms with Gasteiger partial charge in [0.25, 0.3) is 0 Å². The molecule has 1 aliphatic heterocycles. The van der Waals surface area contributed by atoms with E-state index in [0.717, 1.165) is 12.3 Å². The topological polar surface area (TPSA) is 12.5 Å². The van der Waals surface area contributed by atoms with Gasteiger partial charge in [0.05, 0.1) is 12.8 Å². The smallest absolute Gasteiger partial charge is 0.142 e. The summed E-state index contributed by atoms with van der Waals surface area (Å²) in [6.45, 7) is 7.83. The molecule has 1 aromatic carbocycles. The molecule has 0 spiro atoms. The predicted molar refractivity (Wildman–Crippen MR) is 68.5 cm³/mol. The summed E-state index contributed by atoms with van der Waals surface area (Å²) >= 11 is 0. The molecule has 0 atom stereocenters. The minimum Gasteiger partial charge on any atom is -0.495 e. The maximum absolute atomic E-state index is 5.51. The third-order valence-electron chi connectivity index (χ3n) is 3.44. The van der Waals surface area contributed by atoms with Gasteiger partial charge in [0.1, 0.15) is 5.75 Å². The summed E-state index contributed by atoms with van der Waals surface area (Å²) in [6.07, 6.45) is 2.43. The SMILES string of the molecule is COc1ccc(C)c2c1N(C(C)C)CCC2. The minimum absolute atomic E-state index is 0.537. The Kier molecular flexibility index (Phi) is 3.08. The van der Waals surface area contributed by atoms with Crippen molar-refractivity contribution in [2.45, 2.75) is 39.7 Å². The maximum atomic E-state index is 5.51. The van der Waals surface area contributed by atoms with Crippen LogP contribution in [0.4, 0.5) is 5.69 Å². The molecule has 0 fully saturated rings. The van der Waals surface area contributed by atoms with Crippen LogP contribution in [0.2, 0.25) is 0 Å². The number of benzene rings is 1. The van der Waals surface area contributed by atoms with Crippen molar-refractivity contribution in [1.82, 2.24) is 0 Å². The van der Waals surface area contributed by atoms with E-state index in [1.54, 1.807) is 7.11 Å². The Labute approximate surface area is 98.2 Å². The predicted octanol–water partition coefficient (Wildman–Crippen LogP) is 3.16. The second-order valence-corrected chi connectivity index (χ2v) is 4.80. The molecular formula is C14H21NO. The lowest BCUT2D eigenvalue weighted by atomic mass is 9.95. The van der Waals surface area contributed by atoms with Crippen LogP contribution < -0.4 is 9.64 Å². The van der Waals surface area contributed by atoms with E-state index in [1.807, 2.05) is 0 Å². The number of nitrogens with zero attached hydrogens (tertiary/aromatic N) is 1. The number of aryl methyl sites for hydroxylation is 1. The molecule has 1 aromatic rings. The minimum atomic E-state index is 0.537. The van der Waals surface area contributed by atoms with Crippen molar-refractivity contribution < 1.29 is 4.74 Å². The van der Waals surface area contributed by atoms with Crippen LogP contribution >= 0.6 is 0 Å². The highest BCUT2D eigenvalue weighted by atomic mass is 16.5. The zero-order chi connectivity index (χ0) is 11.7. The molecule has 0 unspecified atom stereocenters. The molecule has 0 aliphatic carbocycles. The summed E-state index contributed by atoms with van der Waals surface area (Å²) < 4.78 is 5.51. The van der Waals surface area contributed by atoms with Gasteiger partial charge in [0.15, 0.2) is 0 Å². The van der Waals surface area contributed by atoms with E-state index in [9.17, 15) is 0 Å². The number of methoxy groups -OCH3 is 1. The van der Waals surface area contributed by atoms with Crippen molar-refractivity contribution in [2.24, 2.45) is 0 Å². The van der Waals surface area contributed by atoms with Crippen molar-refractivity contribution in [3.05, 3.63) is 23.3 Å². The fourth-order valence-electron chi connectivity index (χ4n) is 2.57. The number of fused-ring (bicyclic) bond motifs is 1. The Bertz CT molecular complexity index is 385. The first-order valence-electron chi connectivity index (χ1n) is 6.08. The molecule has 0 N–H and O–H groups in total.